The van der Waals surface area contributed by atoms with E-state index < -0.39 is 36.2 Å². The molecule has 0 saturated carbocycles. The van der Waals surface area contributed by atoms with Crippen LogP contribution in [0, 0.1) is 5.92 Å². The normalized spacial score (nSPS) is 13.4. The van der Waals surface area contributed by atoms with Crippen LogP contribution in [0.25, 0.3) is 0 Å². The van der Waals surface area contributed by atoms with Gasteiger partial charge in [0.2, 0.25) is 0 Å². The van der Waals surface area contributed by atoms with Crippen molar-refractivity contribution < 1.29 is 24.2 Å². The van der Waals surface area contributed by atoms with E-state index in [2.05, 4.69) is 9.97 Å². The van der Waals surface area contributed by atoms with Gasteiger partial charge in [-0.05, 0) is 60.9 Å². The highest BCUT2D eigenvalue weighted by molar-refractivity contribution is 5.98. The van der Waals surface area contributed by atoms with Crippen LogP contribution in [0.15, 0.2) is 110 Å². The zero-order chi connectivity index (χ0) is 35.9. The SMILES string of the molecule is CC[C@H](C)[C@H](N)C(=O)N(C(=O)N(C)Cc1ccccn1)N(C(=O)OCc1cccnc1)C(Cc1ccccc1)C(O)CCCc1ccccc1. The van der Waals surface area contributed by atoms with E-state index >= 15 is 0 Å². The van der Waals surface area contributed by atoms with Crippen molar-refractivity contribution in [1.29, 1.82) is 0 Å². The molecule has 0 saturated heterocycles. The third-order valence-electron chi connectivity index (χ3n) is 8.73. The molecule has 3 N–H and O–H groups in total. The summed E-state index contributed by atoms with van der Waals surface area (Å²) in [5.74, 6) is -1.11. The minimum Gasteiger partial charge on any atom is -0.443 e. The Hall–Kier alpha value is -5.13. The van der Waals surface area contributed by atoms with E-state index in [4.69, 9.17) is 10.5 Å². The van der Waals surface area contributed by atoms with E-state index in [-0.39, 0.29) is 31.9 Å². The maximum atomic E-state index is 14.5. The molecule has 11 heteroatoms. The van der Waals surface area contributed by atoms with Gasteiger partial charge < -0.3 is 20.5 Å². The van der Waals surface area contributed by atoms with Gasteiger partial charge in [-0.15, -0.1) is 0 Å². The lowest BCUT2D eigenvalue weighted by atomic mass is 9.95. The highest BCUT2D eigenvalue weighted by Gasteiger charge is 2.44. The molecular weight excluding hydrogens is 632 g/mol. The number of ether oxygens (including phenoxy) is 1. The highest BCUT2D eigenvalue weighted by atomic mass is 16.6. The third kappa shape index (κ3) is 10.7. The molecule has 2 aromatic carbocycles. The fourth-order valence-corrected chi connectivity index (χ4v) is 5.55. The van der Waals surface area contributed by atoms with Crippen molar-refractivity contribution in [3.63, 3.8) is 0 Å². The summed E-state index contributed by atoms with van der Waals surface area (Å²) < 4.78 is 5.80. The number of nitrogens with two attached hydrogens (primary N) is 1. The number of amides is 4. The maximum Gasteiger partial charge on any atom is 0.430 e. The Labute approximate surface area is 294 Å². The van der Waals surface area contributed by atoms with Gasteiger partial charge in [-0.1, -0.05) is 93.1 Å². The zero-order valence-electron chi connectivity index (χ0n) is 29.0. The first-order valence-electron chi connectivity index (χ1n) is 17.0. The molecule has 11 nitrogen and oxygen atoms in total. The van der Waals surface area contributed by atoms with Crippen LogP contribution in [-0.2, 0) is 35.5 Å². The molecule has 2 aromatic heterocycles. The maximum absolute atomic E-state index is 14.5. The summed E-state index contributed by atoms with van der Waals surface area (Å²) in [6.45, 7) is 3.58. The first kappa shape index (κ1) is 37.7. The number of aliphatic hydroxyl groups is 1. The molecule has 2 heterocycles. The molecule has 4 atom stereocenters. The number of aryl methyl sites for hydroxylation is 1. The molecular formula is C39H48N6O5. The minimum absolute atomic E-state index is 0.0452. The summed E-state index contributed by atoms with van der Waals surface area (Å²) >= 11 is 0. The number of imide groups is 1. The van der Waals surface area contributed by atoms with Gasteiger partial charge in [0.05, 0.1) is 30.4 Å². The first-order chi connectivity index (χ1) is 24.2. The zero-order valence-corrected chi connectivity index (χ0v) is 29.0. The predicted octanol–water partition coefficient (Wildman–Crippen LogP) is 5.78. The standard InChI is InChI=1S/C39H48N6O5/c1-4-29(2)36(40)37(47)45(38(48)43(3)27-33-21-11-12-24-42-33)44(39(49)50-28-32-20-14-23-41-26-32)34(25-31-17-9-6-10-18-31)35(46)22-13-19-30-15-7-5-8-16-30/h5-12,14-18,20-21,23-24,26,29,34-36,46H,4,13,19,22,25,27-28,40H2,1-3H3/t29-,34?,35?,36-/m0/s1. The van der Waals surface area contributed by atoms with Crippen molar-refractivity contribution in [3.8, 4) is 0 Å². The Kier molecular flexibility index (Phi) is 14.4. The largest absolute Gasteiger partial charge is 0.443 e. The molecule has 50 heavy (non-hydrogen) atoms. The average molecular weight is 681 g/mol. The number of pyridine rings is 2. The van der Waals surface area contributed by atoms with Gasteiger partial charge in [0.15, 0.2) is 0 Å². The number of nitrogens with zero attached hydrogens (tertiary/aromatic N) is 5. The quantitative estimate of drug-likeness (QED) is 0.151. The second kappa shape index (κ2) is 19.2. The molecule has 4 aromatic rings. The van der Waals surface area contributed by atoms with Crippen molar-refractivity contribution in [2.75, 3.05) is 7.05 Å². The molecule has 0 aliphatic rings. The third-order valence-corrected chi connectivity index (χ3v) is 8.73. The van der Waals surface area contributed by atoms with Crippen molar-refractivity contribution in [2.24, 2.45) is 11.7 Å². The lowest BCUT2D eigenvalue weighted by Crippen LogP contribution is -2.65. The Morgan fingerprint density at radius 1 is 0.880 bits per heavy atom. The van der Waals surface area contributed by atoms with E-state index in [1.54, 1.807) is 48.9 Å². The van der Waals surface area contributed by atoms with Crippen LogP contribution in [0.3, 0.4) is 0 Å². The van der Waals surface area contributed by atoms with E-state index in [1.165, 1.54) is 11.9 Å². The number of benzene rings is 2. The van der Waals surface area contributed by atoms with Gasteiger partial charge in [-0.2, -0.15) is 5.01 Å². The monoisotopic (exact) mass is 680 g/mol. The number of aliphatic hydroxyl groups excluding tert-OH is 1. The lowest BCUT2D eigenvalue weighted by molar-refractivity contribution is -0.150. The summed E-state index contributed by atoms with van der Waals surface area (Å²) in [5.41, 5.74) is 9.60. The summed E-state index contributed by atoms with van der Waals surface area (Å²) in [6.07, 6.45) is 4.86. The van der Waals surface area contributed by atoms with Gasteiger partial charge >= 0.3 is 12.1 Å². The second-order valence-corrected chi connectivity index (χ2v) is 12.5. The Bertz CT molecular complexity index is 1610. The van der Waals surface area contributed by atoms with Crippen molar-refractivity contribution in [2.45, 2.75) is 77.3 Å². The van der Waals surface area contributed by atoms with E-state index in [1.807, 2.05) is 74.5 Å². The second-order valence-electron chi connectivity index (χ2n) is 12.5. The number of hydrazine groups is 1. The van der Waals surface area contributed by atoms with E-state index in [9.17, 15) is 19.5 Å². The van der Waals surface area contributed by atoms with E-state index in [0.29, 0.717) is 30.5 Å². The van der Waals surface area contributed by atoms with Gasteiger partial charge in [-0.3, -0.25) is 14.8 Å². The van der Waals surface area contributed by atoms with Gasteiger partial charge in [0, 0.05) is 31.2 Å². The Morgan fingerprint density at radius 3 is 2.16 bits per heavy atom. The fourth-order valence-electron chi connectivity index (χ4n) is 5.55. The molecule has 4 rings (SSSR count). The van der Waals surface area contributed by atoms with Crippen molar-refractivity contribution in [1.82, 2.24) is 24.9 Å². The number of hydrogen-bond acceptors (Lipinski definition) is 8. The summed E-state index contributed by atoms with van der Waals surface area (Å²) in [6, 6.07) is 25.0. The Morgan fingerprint density at radius 2 is 1.54 bits per heavy atom. The number of rotatable bonds is 15. The van der Waals surface area contributed by atoms with Crippen LogP contribution in [0.1, 0.15) is 55.5 Å². The van der Waals surface area contributed by atoms with Crippen molar-refractivity contribution in [3.05, 3.63) is 132 Å². The van der Waals surface area contributed by atoms with Crippen LogP contribution < -0.4 is 5.73 Å². The topological polar surface area (TPSA) is 142 Å². The van der Waals surface area contributed by atoms with Gasteiger partial charge in [0.1, 0.15) is 6.61 Å². The van der Waals surface area contributed by atoms with Gasteiger partial charge in [0.25, 0.3) is 5.91 Å². The molecule has 4 amide bonds. The number of hydrogen-bond donors (Lipinski definition) is 2. The van der Waals surface area contributed by atoms with Gasteiger partial charge in [-0.25, -0.2) is 14.6 Å². The van der Waals surface area contributed by atoms with Crippen LogP contribution >= 0.6 is 0 Å². The molecule has 0 fully saturated rings. The van der Waals surface area contributed by atoms with E-state index in [0.717, 1.165) is 21.1 Å². The fraction of sp³-hybridized carbons (Fsp3) is 0.359. The molecule has 0 spiro atoms. The summed E-state index contributed by atoms with van der Waals surface area (Å²) in [7, 11) is 1.52. The number of aromatic nitrogens is 2. The smallest absolute Gasteiger partial charge is 0.430 e. The molecule has 0 aliphatic heterocycles. The lowest BCUT2D eigenvalue weighted by Gasteiger charge is -2.42. The average Bonchev–Trinajstić information content (AvgIpc) is 3.15. The molecule has 0 aliphatic carbocycles. The number of carbonyl (C=O) groups is 3. The highest BCUT2D eigenvalue weighted by Crippen LogP contribution is 2.24. The molecule has 264 valence electrons. The van der Waals surface area contributed by atoms with Crippen LogP contribution in [0.4, 0.5) is 9.59 Å². The Balaban J connectivity index is 1.78. The molecule has 2 unspecified atom stereocenters. The van der Waals surface area contributed by atoms with Crippen LogP contribution in [0.5, 0.6) is 0 Å². The first-order valence-corrected chi connectivity index (χ1v) is 17.0. The molecule has 0 bridgehead atoms. The number of carbonyl (C=O) groups excluding carboxylic acids is 3. The minimum atomic E-state index is -1.16. The predicted molar refractivity (Wildman–Crippen MR) is 191 cm³/mol. The summed E-state index contributed by atoms with van der Waals surface area (Å²) in [5, 5.41) is 13.7. The number of urea groups is 1. The molecule has 0 radical (unpaired) electrons. The van der Waals surface area contributed by atoms with Crippen molar-refractivity contribution >= 4 is 18.0 Å². The van der Waals surface area contributed by atoms with Crippen LogP contribution in [0.2, 0.25) is 0 Å². The summed E-state index contributed by atoms with van der Waals surface area (Å²) in [4.78, 5) is 53.1. The van der Waals surface area contributed by atoms with Crippen LogP contribution in [-0.4, -0.2) is 73.3 Å².